The van der Waals surface area contributed by atoms with Gasteiger partial charge < -0.3 is 18.9 Å². The standard InChI is InChI=1S/C28H27NO5S2/c1-5-33-25(30)17-34-24-15-14-23(16-18(24)2)35-28-29-26(19-6-10-21(31-3)11-7-19)27(36-28)20-8-12-22(32-4)13-9-20/h6-16H,5,17H2,1-4H3. The zero-order chi connectivity index (χ0) is 25.5. The molecule has 0 atom stereocenters. The summed E-state index contributed by atoms with van der Waals surface area (Å²) in [4.78, 5) is 18.7. The zero-order valence-corrected chi connectivity index (χ0v) is 22.2. The first-order chi connectivity index (χ1) is 17.5. The van der Waals surface area contributed by atoms with Gasteiger partial charge >= 0.3 is 5.97 Å². The molecule has 0 saturated heterocycles. The largest absolute Gasteiger partial charge is 0.497 e. The highest BCUT2D eigenvalue weighted by atomic mass is 32.2. The highest BCUT2D eigenvalue weighted by Gasteiger charge is 2.17. The van der Waals surface area contributed by atoms with Gasteiger partial charge in [0.05, 0.1) is 31.4 Å². The fraction of sp³-hybridized carbons (Fsp3) is 0.214. The maximum absolute atomic E-state index is 11.6. The van der Waals surface area contributed by atoms with Crippen molar-refractivity contribution in [2.45, 2.75) is 23.1 Å². The van der Waals surface area contributed by atoms with Gasteiger partial charge in [0.25, 0.3) is 0 Å². The van der Waals surface area contributed by atoms with Gasteiger partial charge in [-0.1, -0.05) is 11.8 Å². The van der Waals surface area contributed by atoms with Crippen molar-refractivity contribution in [3.05, 3.63) is 72.3 Å². The lowest BCUT2D eigenvalue weighted by atomic mass is 10.1. The van der Waals surface area contributed by atoms with E-state index in [9.17, 15) is 4.79 Å². The maximum Gasteiger partial charge on any atom is 0.344 e. The van der Waals surface area contributed by atoms with E-state index >= 15 is 0 Å². The number of carbonyl (C=O) groups is 1. The molecule has 0 bridgehead atoms. The van der Waals surface area contributed by atoms with Crippen LogP contribution in [0.5, 0.6) is 17.2 Å². The number of ether oxygens (including phenoxy) is 4. The molecule has 186 valence electrons. The van der Waals surface area contributed by atoms with E-state index in [1.807, 2.05) is 73.7 Å². The van der Waals surface area contributed by atoms with Crippen molar-refractivity contribution in [3.8, 4) is 38.9 Å². The predicted octanol–water partition coefficient (Wildman–Crippen LogP) is 6.90. The molecule has 4 rings (SSSR count). The van der Waals surface area contributed by atoms with Crippen LogP contribution in [0.2, 0.25) is 0 Å². The molecule has 0 saturated carbocycles. The summed E-state index contributed by atoms with van der Waals surface area (Å²) in [5.41, 5.74) is 3.95. The van der Waals surface area contributed by atoms with Crippen LogP contribution in [0.4, 0.5) is 0 Å². The van der Waals surface area contributed by atoms with Crippen molar-refractivity contribution in [2.24, 2.45) is 0 Å². The fourth-order valence-corrected chi connectivity index (χ4v) is 5.76. The molecule has 0 fully saturated rings. The third kappa shape index (κ3) is 6.19. The average molecular weight is 522 g/mol. The third-order valence-corrected chi connectivity index (χ3v) is 7.48. The number of aryl methyl sites for hydroxylation is 1. The minimum Gasteiger partial charge on any atom is -0.497 e. The van der Waals surface area contributed by atoms with Crippen LogP contribution in [0.25, 0.3) is 21.7 Å². The molecular weight excluding hydrogens is 494 g/mol. The highest BCUT2D eigenvalue weighted by molar-refractivity contribution is 8.01. The molecule has 0 N–H and O–H groups in total. The lowest BCUT2D eigenvalue weighted by molar-refractivity contribution is -0.145. The van der Waals surface area contributed by atoms with Crippen molar-refractivity contribution >= 4 is 29.1 Å². The number of benzene rings is 3. The van der Waals surface area contributed by atoms with E-state index in [0.717, 1.165) is 48.0 Å². The number of hydrogen-bond donors (Lipinski definition) is 0. The van der Waals surface area contributed by atoms with Gasteiger partial charge in [-0.05, 0) is 91.7 Å². The topological polar surface area (TPSA) is 66.9 Å². The van der Waals surface area contributed by atoms with Crippen LogP contribution in [0.1, 0.15) is 12.5 Å². The van der Waals surface area contributed by atoms with Crippen molar-refractivity contribution < 1.29 is 23.7 Å². The Morgan fingerprint density at radius 2 is 1.56 bits per heavy atom. The molecule has 36 heavy (non-hydrogen) atoms. The molecule has 0 aliphatic carbocycles. The van der Waals surface area contributed by atoms with Crippen LogP contribution >= 0.6 is 23.1 Å². The molecule has 1 aromatic heterocycles. The predicted molar refractivity (Wildman–Crippen MR) is 144 cm³/mol. The van der Waals surface area contributed by atoms with Crippen molar-refractivity contribution in [1.82, 2.24) is 4.98 Å². The molecular formula is C28H27NO5S2. The number of nitrogens with zero attached hydrogens (tertiary/aromatic N) is 1. The van der Waals surface area contributed by atoms with E-state index in [1.165, 1.54) is 0 Å². The Hall–Kier alpha value is -3.49. The van der Waals surface area contributed by atoms with Gasteiger partial charge in [0, 0.05) is 10.5 Å². The van der Waals surface area contributed by atoms with Gasteiger partial charge in [-0.2, -0.15) is 0 Å². The van der Waals surface area contributed by atoms with E-state index in [1.54, 1.807) is 44.2 Å². The van der Waals surface area contributed by atoms with Crippen LogP contribution in [0.15, 0.2) is 76.0 Å². The van der Waals surface area contributed by atoms with Crippen molar-refractivity contribution in [2.75, 3.05) is 27.4 Å². The molecule has 3 aromatic carbocycles. The first-order valence-corrected chi connectivity index (χ1v) is 13.0. The minimum atomic E-state index is -0.379. The fourth-order valence-electron chi connectivity index (χ4n) is 3.51. The highest BCUT2D eigenvalue weighted by Crippen LogP contribution is 2.43. The quantitative estimate of drug-likeness (QED) is 0.210. The van der Waals surface area contributed by atoms with Crippen molar-refractivity contribution in [1.29, 1.82) is 0 Å². The monoisotopic (exact) mass is 521 g/mol. The molecule has 0 aliphatic heterocycles. The number of rotatable bonds is 10. The summed E-state index contributed by atoms with van der Waals surface area (Å²) in [6.07, 6.45) is 0. The summed E-state index contributed by atoms with van der Waals surface area (Å²) in [5, 5.41) is 0. The number of esters is 1. The Morgan fingerprint density at radius 3 is 2.14 bits per heavy atom. The first-order valence-electron chi connectivity index (χ1n) is 11.4. The molecule has 0 amide bonds. The first kappa shape index (κ1) is 25.6. The molecule has 6 nitrogen and oxygen atoms in total. The molecule has 4 aromatic rings. The maximum atomic E-state index is 11.6. The molecule has 8 heteroatoms. The Labute approximate surface area is 219 Å². The van der Waals surface area contributed by atoms with Gasteiger partial charge in [0.2, 0.25) is 0 Å². The summed E-state index contributed by atoms with van der Waals surface area (Å²) in [7, 11) is 3.32. The molecule has 1 heterocycles. The van der Waals surface area contributed by atoms with E-state index in [4.69, 9.17) is 23.9 Å². The van der Waals surface area contributed by atoms with Gasteiger partial charge in [0.1, 0.15) is 17.2 Å². The SMILES string of the molecule is CCOC(=O)COc1ccc(Sc2nc(-c3ccc(OC)cc3)c(-c3ccc(OC)cc3)s2)cc1C. The summed E-state index contributed by atoms with van der Waals surface area (Å²) in [5.74, 6) is 1.89. The second kappa shape index (κ2) is 12.0. The number of thiazole rings is 1. The average Bonchev–Trinajstić information content (AvgIpc) is 3.32. The van der Waals surface area contributed by atoms with Gasteiger partial charge in [-0.15, -0.1) is 11.3 Å². The number of carbonyl (C=O) groups excluding carboxylic acids is 1. The van der Waals surface area contributed by atoms with Crippen molar-refractivity contribution in [3.63, 3.8) is 0 Å². The Morgan fingerprint density at radius 1 is 0.917 bits per heavy atom. The van der Waals surface area contributed by atoms with E-state index in [0.29, 0.717) is 12.4 Å². The Kier molecular flexibility index (Phi) is 8.51. The smallest absolute Gasteiger partial charge is 0.344 e. The van der Waals surface area contributed by atoms with Crippen LogP contribution < -0.4 is 14.2 Å². The van der Waals surface area contributed by atoms with Crippen LogP contribution in [0, 0.1) is 6.92 Å². The van der Waals surface area contributed by atoms with Gasteiger partial charge in [-0.25, -0.2) is 9.78 Å². The van der Waals surface area contributed by atoms with E-state index < -0.39 is 0 Å². The van der Waals surface area contributed by atoms with Gasteiger partial charge in [-0.3, -0.25) is 0 Å². The summed E-state index contributed by atoms with van der Waals surface area (Å²) >= 11 is 3.24. The minimum absolute atomic E-state index is 0.107. The summed E-state index contributed by atoms with van der Waals surface area (Å²) in [6, 6.07) is 21.8. The van der Waals surface area contributed by atoms with E-state index in [-0.39, 0.29) is 12.6 Å². The van der Waals surface area contributed by atoms with Crippen LogP contribution in [0.3, 0.4) is 0 Å². The summed E-state index contributed by atoms with van der Waals surface area (Å²) in [6.45, 7) is 3.96. The van der Waals surface area contributed by atoms with Crippen LogP contribution in [-0.4, -0.2) is 38.4 Å². The van der Waals surface area contributed by atoms with E-state index in [2.05, 4.69) is 0 Å². The van der Waals surface area contributed by atoms with Gasteiger partial charge in [0.15, 0.2) is 10.9 Å². The Balaban J connectivity index is 1.61. The van der Waals surface area contributed by atoms with Crippen LogP contribution in [-0.2, 0) is 9.53 Å². The number of aromatic nitrogens is 1. The number of methoxy groups -OCH3 is 2. The molecule has 0 radical (unpaired) electrons. The lowest BCUT2D eigenvalue weighted by Gasteiger charge is -2.09. The second-order valence-electron chi connectivity index (χ2n) is 7.74. The molecule has 0 unspecified atom stereocenters. The summed E-state index contributed by atoms with van der Waals surface area (Å²) < 4.78 is 22.1. The normalized spacial score (nSPS) is 10.7. The molecule has 0 aliphatic rings. The number of hydrogen-bond acceptors (Lipinski definition) is 8. The zero-order valence-electron chi connectivity index (χ0n) is 20.6. The Bertz CT molecular complexity index is 1250. The second-order valence-corrected chi connectivity index (χ2v) is 10.1. The third-order valence-electron chi connectivity index (χ3n) is 5.33. The lowest BCUT2D eigenvalue weighted by Crippen LogP contribution is -2.14. The molecule has 0 spiro atoms.